The molecule has 0 aliphatic rings. The van der Waals surface area contributed by atoms with E-state index in [-0.39, 0.29) is 10.8 Å². The Bertz CT molecular complexity index is 868. The van der Waals surface area contributed by atoms with Crippen LogP contribution in [0.25, 0.3) is 0 Å². The highest BCUT2D eigenvalue weighted by Crippen LogP contribution is 2.19. The van der Waals surface area contributed by atoms with E-state index >= 15 is 0 Å². The molecule has 0 aliphatic carbocycles. The molecule has 6 heteroatoms. The van der Waals surface area contributed by atoms with E-state index in [1.807, 2.05) is 54.6 Å². The lowest BCUT2D eigenvalue weighted by Gasteiger charge is -2.12. The molecule has 3 nitrogen and oxygen atoms in total. The highest BCUT2D eigenvalue weighted by molar-refractivity contribution is 7.80. The van der Waals surface area contributed by atoms with E-state index in [4.69, 9.17) is 12.2 Å². The number of hydrogen-bond donors (Lipinski definition) is 3. The monoisotopic (exact) mass is 355 g/mol. The number of benzene rings is 3. The largest absolute Gasteiger partial charge is 0.356 e. The van der Waals surface area contributed by atoms with E-state index in [1.165, 1.54) is 6.07 Å². The molecule has 0 atom stereocenters. The summed E-state index contributed by atoms with van der Waals surface area (Å²) in [5.41, 5.74) is 2.78. The van der Waals surface area contributed by atoms with Crippen molar-refractivity contribution in [3.05, 3.63) is 84.4 Å². The van der Waals surface area contributed by atoms with E-state index in [0.717, 1.165) is 29.2 Å². The molecule has 0 spiro atoms. The van der Waals surface area contributed by atoms with Crippen LogP contribution in [0.3, 0.4) is 0 Å². The van der Waals surface area contributed by atoms with Gasteiger partial charge in [0.2, 0.25) is 0 Å². The van der Waals surface area contributed by atoms with Crippen LogP contribution in [0, 0.1) is 11.6 Å². The van der Waals surface area contributed by atoms with Crippen LogP contribution in [0.15, 0.2) is 72.8 Å². The molecule has 0 saturated heterocycles. The maximum atomic E-state index is 13.6. The maximum absolute atomic E-state index is 13.6. The fourth-order valence-corrected chi connectivity index (χ4v) is 2.43. The molecule has 0 amide bonds. The molecule has 3 aromatic carbocycles. The molecule has 0 aromatic heterocycles. The van der Waals surface area contributed by atoms with E-state index in [1.54, 1.807) is 0 Å². The SMILES string of the molecule is Fc1ccc(NC(=S)Nc2ccc(Nc3ccccc3)cc2)c(F)c1. The van der Waals surface area contributed by atoms with Crippen LogP contribution >= 0.6 is 12.2 Å². The molecule has 0 fully saturated rings. The summed E-state index contributed by atoms with van der Waals surface area (Å²) in [6, 6.07) is 20.6. The van der Waals surface area contributed by atoms with Gasteiger partial charge in [-0.2, -0.15) is 0 Å². The van der Waals surface area contributed by atoms with Crippen molar-refractivity contribution in [1.29, 1.82) is 0 Å². The van der Waals surface area contributed by atoms with Gasteiger partial charge in [0.05, 0.1) is 5.69 Å². The van der Waals surface area contributed by atoms with Gasteiger partial charge in [-0.25, -0.2) is 8.78 Å². The highest BCUT2D eigenvalue weighted by Gasteiger charge is 2.06. The Morgan fingerprint density at radius 2 is 1.36 bits per heavy atom. The fourth-order valence-electron chi connectivity index (χ4n) is 2.20. The summed E-state index contributed by atoms with van der Waals surface area (Å²) in [7, 11) is 0. The lowest BCUT2D eigenvalue weighted by molar-refractivity contribution is 0.586. The first-order valence-electron chi connectivity index (χ1n) is 7.55. The molecular formula is C19H15F2N3S. The van der Waals surface area contributed by atoms with Gasteiger partial charge in [-0.05, 0) is 60.7 Å². The highest BCUT2D eigenvalue weighted by atomic mass is 32.1. The zero-order chi connectivity index (χ0) is 17.6. The summed E-state index contributed by atoms with van der Waals surface area (Å²) in [5.74, 6) is -1.34. The van der Waals surface area contributed by atoms with Gasteiger partial charge in [-0.1, -0.05) is 18.2 Å². The number of rotatable bonds is 4. The predicted molar refractivity (Wildman–Crippen MR) is 102 cm³/mol. The minimum Gasteiger partial charge on any atom is -0.356 e. The Hall–Kier alpha value is -2.99. The topological polar surface area (TPSA) is 36.1 Å². The Balaban J connectivity index is 1.60. The zero-order valence-corrected chi connectivity index (χ0v) is 13.9. The molecule has 3 aromatic rings. The Labute approximate surface area is 149 Å². The molecule has 0 bridgehead atoms. The Morgan fingerprint density at radius 3 is 2.04 bits per heavy atom. The first-order valence-corrected chi connectivity index (χ1v) is 7.96. The van der Waals surface area contributed by atoms with Gasteiger partial charge in [0.25, 0.3) is 0 Å². The molecule has 126 valence electrons. The second kappa shape index (κ2) is 7.72. The number of para-hydroxylation sites is 1. The number of anilines is 4. The van der Waals surface area contributed by atoms with Crippen LogP contribution in [0.4, 0.5) is 31.5 Å². The van der Waals surface area contributed by atoms with Crippen LogP contribution in [-0.2, 0) is 0 Å². The number of hydrogen-bond acceptors (Lipinski definition) is 2. The molecule has 0 heterocycles. The van der Waals surface area contributed by atoms with Crippen molar-refractivity contribution in [3.63, 3.8) is 0 Å². The first-order chi connectivity index (χ1) is 12.1. The van der Waals surface area contributed by atoms with Gasteiger partial charge >= 0.3 is 0 Å². The van der Waals surface area contributed by atoms with Crippen LogP contribution in [0.5, 0.6) is 0 Å². The van der Waals surface area contributed by atoms with E-state index in [0.29, 0.717) is 0 Å². The van der Waals surface area contributed by atoms with Crippen molar-refractivity contribution in [1.82, 2.24) is 0 Å². The number of nitrogens with one attached hydrogen (secondary N) is 3. The molecule has 0 radical (unpaired) electrons. The van der Waals surface area contributed by atoms with E-state index in [9.17, 15) is 8.78 Å². The average Bonchev–Trinajstić information content (AvgIpc) is 2.60. The van der Waals surface area contributed by atoms with Crippen molar-refractivity contribution in [3.8, 4) is 0 Å². The minimum absolute atomic E-state index is 0.112. The van der Waals surface area contributed by atoms with Gasteiger partial charge in [-0.3, -0.25) is 0 Å². The Kier molecular flexibility index (Phi) is 5.20. The third-order valence-electron chi connectivity index (χ3n) is 3.38. The standard InChI is InChI=1S/C19H15F2N3S/c20-13-6-11-18(17(21)12-13)24-19(25)23-16-9-7-15(8-10-16)22-14-4-2-1-3-5-14/h1-12,22H,(H2,23,24,25). The van der Waals surface area contributed by atoms with E-state index < -0.39 is 11.6 Å². The predicted octanol–water partition coefficient (Wildman–Crippen LogP) is 5.52. The molecule has 0 aliphatic heterocycles. The lowest BCUT2D eigenvalue weighted by atomic mass is 10.2. The first kappa shape index (κ1) is 16.9. The smallest absolute Gasteiger partial charge is 0.175 e. The molecule has 25 heavy (non-hydrogen) atoms. The lowest BCUT2D eigenvalue weighted by Crippen LogP contribution is -2.19. The number of halogens is 2. The van der Waals surface area contributed by atoms with Crippen LogP contribution in [0.1, 0.15) is 0 Å². The van der Waals surface area contributed by atoms with Crippen molar-refractivity contribution < 1.29 is 8.78 Å². The van der Waals surface area contributed by atoms with E-state index in [2.05, 4.69) is 16.0 Å². The zero-order valence-electron chi connectivity index (χ0n) is 13.1. The molecular weight excluding hydrogens is 340 g/mol. The average molecular weight is 355 g/mol. The second-order valence-electron chi connectivity index (χ2n) is 5.27. The van der Waals surface area contributed by atoms with Crippen molar-refractivity contribution in [2.45, 2.75) is 0 Å². The van der Waals surface area contributed by atoms with Crippen molar-refractivity contribution >= 4 is 40.1 Å². The van der Waals surface area contributed by atoms with Crippen LogP contribution in [0.2, 0.25) is 0 Å². The summed E-state index contributed by atoms with van der Waals surface area (Å²) < 4.78 is 26.5. The molecule has 0 saturated carbocycles. The fraction of sp³-hybridized carbons (Fsp3) is 0. The summed E-state index contributed by atoms with van der Waals surface area (Å²) in [6.45, 7) is 0. The maximum Gasteiger partial charge on any atom is 0.175 e. The molecule has 0 unspecified atom stereocenters. The minimum atomic E-state index is -0.702. The van der Waals surface area contributed by atoms with Crippen LogP contribution in [-0.4, -0.2) is 5.11 Å². The second-order valence-corrected chi connectivity index (χ2v) is 5.68. The summed E-state index contributed by atoms with van der Waals surface area (Å²) in [5, 5.41) is 9.15. The van der Waals surface area contributed by atoms with Crippen LogP contribution < -0.4 is 16.0 Å². The molecule has 3 N–H and O–H groups in total. The summed E-state index contributed by atoms with van der Waals surface area (Å²) in [4.78, 5) is 0. The van der Waals surface area contributed by atoms with Gasteiger partial charge in [0, 0.05) is 23.1 Å². The summed E-state index contributed by atoms with van der Waals surface area (Å²) >= 11 is 5.15. The third kappa shape index (κ3) is 4.74. The van der Waals surface area contributed by atoms with Gasteiger partial charge in [0.1, 0.15) is 11.6 Å². The Morgan fingerprint density at radius 1 is 0.720 bits per heavy atom. The van der Waals surface area contributed by atoms with Gasteiger partial charge < -0.3 is 16.0 Å². The molecule has 3 rings (SSSR count). The third-order valence-corrected chi connectivity index (χ3v) is 3.59. The quantitative estimate of drug-likeness (QED) is 0.539. The number of thiocarbonyl (C=S) groups is 1. The van der Waals surface area contributed by atoms with Crippen molar-refractivity contribution in [2.24, 2.45) is 0 Å². The van der Waals surface area contributed by atoms with Gasteiger partial charge in [0.15, 0.2) is 5.11 Å². The normalized spacial score (nSPS) is 10.2. The van der Waals surface area contributed by atoms with Crippen molar-refractivity contribution in [2.75, 3.05) is 16.0 Å². The summed E-state index contributed by atoms with van der Waals surface area (Å²) in [6.07, 6.45) is 0. The van der Waals surface area contributed by atoms with Gasteiger partial charge in [-0.15, -0.1) is 0 Å².